The van der Waals surface area contributed by atoms with Crippen LogP contribution in [0.25, 0.3) is 5.69 Å². The van der Waals surface area contributed by atoms with E-state index in [0.717, 1.165) is 18.4 Å². The van der Waals surface area contributed by atoms with Crippen molar-refractivity contribution in [3.63, 3.8) is 0 Å². The van der Waals surface area contributed by atoms with Crippen LogP contribution < -0.4 is 0 Å². The van der Waals surface area contributed by atoms with Crippen molar-refractivity contribution < 1.29 is 21.6 Å². The van der Waals surface area contributed by atoms with E-state index in [9.17, 15) is 21.6 Å². The fraction of sp³-hybridized carbons (Fsp3) is 0.438. The first-order valence-electron chi connectivity index (χ1n) is 8.27. The zero-order valence-corrected chi connectivity index (χ0v) is 15.7. The number of piperazine rings is 1. The molecule has 0 aliphatic carbocycles. The lowest BCUT2D eigenvalue weighted by Gasteiger charge is -2.32. The number of benzene rings is 1. The van der Waals surface area contributed by atoms with E-state index in [2.05, 4.69) is 10.1 Å². The second kappa shape index (κ2) is 7.50. The van der Waals surface area contributed by atoms with E-state index in [1.54, 1.807) is 6.07 Å². The highest BCUT2D eigenvalue weighted by Crippen LogP contribution is 2.32. The Labute approximate surface area is 159 Å². The van der Waals surface area contributed by atoms with E-state index in [0.29, 0.717) is 44.2 Å². The van der Waals surface area contributed by atoms with Crippen LogP contribution in [0.3, 0.4) is 0 Å². The Balaban J connectivity index is 1.79. The second-order valence-electron chi connectivity index (χ2n) is 6.37. The molecule has 2 heterocycles. The molecule has 0 saturated carbocycles. The molecule has 2 aromatic rings. The van der Waals surface area contributed by atoms with Crippen LogP contribution in [0.1, 0.15) is 17.0 Å². The second-order valence-corrected chi connectivity index (χ2v) is 8.35. The maximum Gasteiger partial charge on any atom is 0.417 e. The fourth-order valence-corrected chi connectivity index (χ4v) is 3.84. The van der Waals surface area contributed by atoms with Gasteiger partial charge in [0.05, 0.1) is 35.7 Å². The molecule has 0 spiro atoms. The van der Waals surface area contributed by atoms with Crippen molar-refractivity contribution in [2.45, 2.75) is 12.7 Å². The summed E-state index contributed by atoms with van der Waals surface area (Å²) >= 11 is 0. The van der Waals surface area contributed by atoms with Gasteiger partial charge in [0.2, 0.25) is 10.0 Å². The first-order valence-corrected chi connectivity index (χ1v) is 10.1. The summed E-state index contributed by atoms with van der Waals surface area (Å²) in [6, 6.07) is 4.79. The molecule has 0 atom stereocenters. The van der Waals surface area contributed by atoms with Crippen LogP contribution in [0.4, 0.5) is 13.2 Å². The molecule has 28 heavy (non-hydrogen) atoms. The predicted octanol–water partition coefficient (Wildman–Crippen LogP) is 1.23. The SMILES string of the molecule is CS(=O)(=O)N1CCN(Cc2ncnn2-c2ccc(C(F)(F)F)c(C#N)c2)CC1. The van der Waals surface area contributed by atoms with E-state index in [4.69, 9.17) is 5.26 Å². The Hall–Kier alpha value is -2.49. The van der Waals surface area contributed by atoms with Gasteiger partial charge in [-0.15, -0.1) is 0 Å². The molecule has 0 unspecified atom stereocenters. The molecule has 0 amide bonds. The average Bonchev–Trinajstić information content (AvgIpc) is 3.08. The zero-order valence-electron chi connectivity index (χ0n) is 14.9. The molecule has 1 aromatic heterocycles. The monoisotopic (exact) mass is 414 g/mol. The molecule has 0 N–H and O–H groups in total. The average molecular weight is 414 g/mol. The van der Waals surface area contributed by atoms with Gasteiger partial charge in [0.15, 0.2) is 0 Å². The van der Waals surface area contributed by atoms with E-state index < -0.39 is 27.3 Å². The quantitative estimate of drug-likeness (QED) is 0.747. The fourth-order valence-electron chi connectivity index (χ4n) is 3.01. The lowest BCUT2D eigenvalue weighted by Crippen LogP contribution is -2.48. The lowest BCUT2D eigenvalue weighted by atomic mass is 10.1. The minimum Gasteiger partial charge on any atom is -0.293 e. The largest absolute Gasteiger partial charge is 0.417 e. The van der Waals surface area contributed by atoms with Crippen molar-refractivity contribution >= 4 is 10.0 Å². The molecule has 0 bridgehead atoms. The maximum atomic E-state index is 13.0. The molecule has 1 aromatic carbocycles. The number of alkyl halides is 3. The van der Waals surface area contributed by atoms with Gasteiger partial charge in [-0.25, -0.2) is 18.1 Å². The van der Waals surface area contributed by atoms with Gasteiger partial charge in [0.1, 0.15) is 12.2 Å². The molecule has 1 aliphatic heterocycles. The molecule has 1 aliphatic rings. The third-order valence-electron chi connectivity index (χ3n) is 4.46. The number of nitriles is 1. The van der Waals surface area contributed by atoms with Crippen LogP contribution in [0, 0.1) is 11.3 Å². The molecule has 1 fully saturated rings. The minimum absolute atomic E-state index is 0.298. The van der Waals surface area contributed by atoms with Gasteiger partial charge in [-0.2, -0.15) is 27.8 Å². The summed E-state index contributed by atoms with van der Waals surface area (Å²) in [6.07, 6.45) is -2.17. The molecule has 0 radical (unpaired) electrons. The summed E-state index contributed by atoms with van der Waals surface area (Å²) in [6.45, 7) is 2.05. The van der Waals surface area contributed by atoms with Crippen LogP contribution in [0.2, 0.25) is 0 Å². The normalized spacial score (nSPS) is 16.8. The molecule has 1 saturated heterocycles. The zero-order chi connectivity index (χ0) is 20.5. The highest BCUT2D eigenvalue weighted by molar-refractivity contribution is 7.88. The summed E-state index contributed by atoms with van der Waals surface area (Å²) in [5, 5.41) is 13.1. The summed E-state index contributed by atoms with van der Waals surface area (Å²) in [5.41, 5.74) is -1.20. The van der Waals surface area contributed by atoms with Crippen molar-refractivity contribution in [3.8, 4) is 11.8 Å². The summed E-state index contributed by atoms with van der Waals surface area (Å²) < 4.78 is 64.9. The summed E-state index contributed by atoms with van der Waals surface area (Å²) in [4.78, 5) is 6.14. The number of aromatic nitrogens is 3. The first kappa shape index (κ1) is 20.2. The van der Waals surface area contributed by atoms with Crippen molar-refractivity contribution in [1.82, 2.24) is 24.0 Å². The molecular formula is C16H17F3N6O2S. The predicted molar refractivity (Wildman–Crippen MR) is 92.8 cm³/mol. The number of nitrogens with zero attached hydrogens (tertiary/aromatic N) is 6. The van der Waals surface area contributed by atoms with Crippen LogP contribution >= 0.6 is 0 Å². The number of hydrogen-bond donors (Lipinski definition) is 0. The van der Waals surface area contributed by atoms with E-state index in [1.807, 2.05) is 4.90 Å². The van der Waals surface area contributed by atoms with Gasteiger partial charge in [-0.05, 0) is 18.2 Å². The molecular weight excluding hydrogens is 397 g/mol. The third-order valence-corrected chi connectivity index (χ3v) is 5.76. The third kappa shape index (κ3) is 4.32. The van der Waals surface area contributed by atoms with Gasteiger partial charge >= 0.3 is 6.18 Å². The Morgan fingerprint density at radius 2 is 1.89 bits per heavy atom. The Morgan fingerprint density at radius 3 is 2.46 bits per heavy atom. The molecule has 12 heteroatoms. The van der Waals surface area contributed by atoms with Crippen LogP contribution in [0.5, 0.6) is 0 Å². The van der Waals surface area contributed by atoms with Crippen LogP contribution in [-0.2, 0) is 22.7 Å². The first-order chi connectivity index (χ1) is 13.1. The minimum atomic E-state index is -4.62. The highest BCUT2D eigenvalue weighted by atomic mass is 32.2. The molecule has 8 nitrogen and oxygen atoms in total. The Bertz CT molecular complexity index is 1000. The number of sulfonamides is 1. The van der Waals surface area contributed by atoms with Gasteiger partial charge < -0.3 is 0 Å². The van der Waals surface area contributed by atoms with Gasteiger partial charge in [-0.1, -0.05) is 0 Å². The van der Waals surface area contributed by atoms with Gasteiger partial charge in [-0.3, -0.25) is 4.90 Å². The van der Waals surface area contributed by atoms with E-state index >= 15 is 0 Å². The highest BCUT2D eigenvalue weighted by Gasteiger charge is 2.33. The van der Waals surface area contributed by atoms with E-state index in [1.165, 1.54) is 21.4 Å². The van der Waals surface area contributed by atoms with Crippen LogP contribution in [0.15, 0.2) is 24.5 Å². The molecule has 3 rings (SSSR count). The van der Waals surface area contributed by atoms with Crippen LogP contribution in [-0.4, -0.2) is 64.8 Å². The van der Waals surface area contributed by atoms with Gasteiger partial charge in [0.25, 0.3) is 0 Å². The Morgan fingerprint density at radius 1 is 1.21 bits per heavy atom. The van der Waals surface area contributed by atoms with Gasteiger partial charge in [0, 0.05) is 26.2 Å². The van der Waals surface area contributed by atoms with E-state index in [-0.39, 0.29) is 0 Å². The summed E-state index contributed by atoms with van der Waals surface area (Å²) in [7, 11) is -3.24. The standard InChI is InChI=1S/C16H17F3N6O2S/c1-28(26,27)24-6-4-23(5-7-24)10-15-21-11-22-25(15)13-2-3-14(16(17,18)19)12(8-13)9-20/h2-3,8,11H,4-7,10H2,1H3. The van der Waals surface area contributed by atoms with Crippen molar-refractivity contribution in [2.24, 2.45) is 0 Å². The number of halogens is 3. The van der Waals surface area contributed by atoms with Crippen molar-refractivity contribution in [3.05, 3.63) is 41.5 Å². The van der Waals surface area contributed by atoms with Crippen molar-refractivity contribution in [1.29, 1.82) is 5.26 Å². The maximum absolute atomic E-state index is 13.0. The topological polar surface area (TPSA) is 95.1 Å². The number of rotatable bonds is 4. The van der Waals surface area contributed by atoms with Crippen molar-refractivity contribution in [2.75, 3.05) is 32.4 Å². The number of hydrogen-bond acceptors (Lipinski definition) is 6. The Kier molecular flexibility index (Phi) is 5.42. The molecule has 150 valence electrons. The lowest BCUT2D eigenvalue weighted by molar-refractivity contribution is -0.137. The summed E-state index contributed by atoms with van der Waals surface area (Å²) in [5.74, 6) is 0.483. The smallest absolute Gasteiger partial charge is 0.293 e.